The van der Waals surface area contributed by atoms with Gasteiger partial charge in [-0.25, -0.2) is 4.39 Å². The van der Waals surface area contributed by atoms with Crippen molar-refractivity contribution in [3.05, 3.63) is 29.6 Å². The molecule has 0 aliphatic heterocycles. The van der Waals surface area contributed by atoms with Gasteiger partial charge in [0.25, 0.3) is 0 Å². The van der Waals surface area contributed by atoms with E-state index in [1.54, 1.807) is 6.07 Å². The lowest BCUT2D eigenvalue weighted by atomic mass is 10.2. The molecule has 0 fully saturated rings. The Balaban J connectivity index is 2.48. The van der Waals surface area contributed by atoms with Crippen LogP contribution in [0.1, 0.15) is 19.4 Å². The molecule has 2 N–H and O–H groups in total. The standard InChI is InChI=1S/C14H19FN2O3/c1-9(2)7-16-13(18)14(19)17-8-10-4-5-12(20-3)11(15)6-10/h4-6,9H,7-8H2,1-3H3,(H,16,18)(H,17,19). The highest BCUT2D eigenvalue weighted by molar-refractivity contribution is 6.35. The van der Waals surface area contributed by atoms with Gasteiger partial charge < -0.3 is 15.4 Å². The van der Waals surface area contributed by atoms with Crippen molar-refractivity contribution < 1.29 is 18.7 Å². The predicted molar refractivity (Wildman–Crippen MR) is 72.6 cm³/mol. The number of carbonyl (C=O) groups excluding carboxylic acids is 2. The van der Waals surface area contributed by atoms with Gasteiger partial charge in [0.15, 0.2) is 11.6 Å². The van der Waals surface area contributed by atoms with Crippen LogP contribution in [0.25, 0.3) is 0 Å². The van der Waals surface area contributed by atoms with Crippen LogP contribution in [0.4, 0.5) is 4.39 Å². The fraction of sp³-hybridized carbons (Fsp3) is 0.429. The zero-order valence-corrected chi connectivity index (χ0v) is 11.8. The Labute approximate surface area is 117 Å². The second kappa shape index (κ2) is 7.47. The minimum absolute atomic E-state index is 0.0782. The van der Waals surface area contributed by atoms with Crippen LogP contribution in [0.2, 0.25) is 0 Å². The van der Waals surface area contributed by atoms with Crippen LogP contribution >= 0.6 is 0 Å². The van der Waals surface area contributed by atoms with Crippen LogP contribution in [0.3, 0.4) is 0 Å². The van der Waals surface area contributed by atoms with Crippen molar-refractivity contribution in [3.8, 4) is 5.75 Å². The van der Waals surface area contributed by atoms with Crippen LogP contribution in [0.15, 0.2) is 18.2 Å². The van der Waals surface area contributed by atoms with Crippen LogP contribution in [-0.2, 0) is 16.1 Å². The minimum Gasteiger partial charge on any atom is -0.494 e. The van der Waals surface area contributed by atoms with E-state index in [9.17, 15) is 14.0 Å². The number of nitrogens with one attached hydrogen (secondary N) is 2. The third-order valence-electron chi connectivity index (χ3n) is 2.55. The van der Waals surface area contributed by atoms with E-state index in [1.165, 1.54) is 19.2 Å². The molecule has 0 aliphatic carbocycles. The molecule has 6 heteroatoms. The molecule has 1 aromatic carbocycles. The highest BCUT2D eigenvalue weighted by atomic mass is 19.1. The molecule has 5 nitrogen and oxygen atoms in total. The van der Waals surface area contributed by atoms with Gasteiger partial charge in [0, 0.05) is 13.1 Å². The van der Waals surface area contributed by atoms with Gasteiger partial charge in [0.1, 0.15) is 0 Å². The quantitative estimate of drug-likeness (QED) is 0.798. The molecule has 0 atom stereocenters. The van der Waals surface area contributed by atoms with Gasteiger partial charge in [-0.05, 0) is 23.6 Å². The molecule has 0 aromatic heterocycles. The number of hydrogen-bond donors (Lipinski definition) is 2. The van der Waals surface area contributed by atoms with Crippen molar-refractivity contribution in [1.82, 2.24) is 10.6 Å². The van der Waals surface area contributed by atoms with Gasteiger partial charge in [-0.3, -0.25) is 9.59 Å². The summed E-state index contributed by atoms with van der Waals surface area (Å²) < 4.78 is 18.2. The van der Waals surface area contributed by atoms with Gasteiger partial charge >= 0.3 is 11.8 Å². The molecule has 1 aromatic rings. The van der Waals surface area contributed by atoms with Gasteiger partial charge in [0.05, 0.1) is 7.11 Å². The lowest BCUT2D eigenvalue weighted by molar-refractivity contribution is -0.139. The van der Waals surface area contributed by atoms with Crippen LogP contribution < -0.4 is 15.4 Å². The van der Waals surface area contributed by atoms with E-state index in [0.717, 1.165) is 0 Å². The maximum absolute atomic E-state index is 13.4. The molecule has 110 valence electrons. The third-order valence-corrected chi connectivity index (χ3v) is 2.55. The highest BCUT2D eigenvalue weighted by Crippen LogP contribution is 2.17. The molecule has 0 saturated heterocycles. The normalized spacial score (nSPS) is 10.2. The van der Waals surface area contributed by atoms with E-state index in [0.29, 0.717) is 12.1 Å². The molecule has 0 aliphatic rings. The van der Waals surface area contributed by atoms with Crippen molar-refractivity contribution in [2.75, 3.05) is 13.7 Å². The number of hydrogen-bond acceptors (Lipinski definition) is 3. The first-order valence-electron chi connectivity index (χ1n) is 6.32. The maximum atomic E-state index is 13.4. The Hall–Kier alpha value is -2.11. The Morgan fingerprint density at radius 1 is 1.25 bits per heavy atom. The zero-order valence-electron chi connectivity index (χ0n) is 11.8. The van der Waals surface area contributed by atoms with Crippen LogP contribution in [0, 0.1) is 11.7 Å². The number of amides is 2. The summed E-state index contributed by atoms with van der Waals surface area (Å²) in [5, 5.41) is 4.93. The average Bonchev–Trinajstić information content (AvgIpc) is 2.42. The number of methoxy groups -OCH3 is 1. The Morgan fingerprint density at radius 2 is 1.90 bits per heavy atom. The molecule has 20 heavy (non-hydrogen) atoms. The summed E-state index contributed by atoms with van der Waals surface area (Å²) in [6.45, 7) is 4.37. The molecular weight excluding hydrogens is 263 g/mol. The summed E-state index contributed by atoms with van der Waals surface area (Å²) in [5.74, 6) is -1.53. The lowest BCUT2D eigenvalue weighted by Gasteiger charge is -2.09. The van der Waals surface area contributed by atoms with Crippen LogP contribution in [-0.4, -0.2) is 25.5 Å². The molecule has 0 spiro atoms. The van der Waals surface area contributed by atoms with Crippen molar-refractivity contribution in [2.24, 2.45) is 5.92 Å². The van der Waals surface area contributed by atoms with Crippen molar-refractivity contribution in [1.29, 1.82) is 0 Å². The SMILES string of the molecule is COc1ccc(CNC(=O)C(=O)NCC(C)C)cc1F. The van der Waals surface area contributed by atoms with Crippen LogP contribution in [0.5, 0.6) is 5.75 Å². The first-order valence-corrected chi connectivity index (χ1v) is 6.32. The summed E-state index contributed by atoms with van der Waals surface area (Å²) >= 11 is 0. The van der Waals surface area contributed by atoms with Crippen molar-refractivity contribution in [3.63, 3.8) is 0 Å². The largest absolute Gasteiger partial charge is 0.494 e. The average molecular weight is 282 g/mol. The lowest BCUT2D eigenvalue weighted by Crippen LogP contribution is -2.40. The molecule has 0 bridgehead atoms. The molecule has 2 amide bonds. The van der Waals surface area contributed by atoms with Crippen molar-refractivity contribution in [2.45, 2.75) is 20.4 Å². The molecule has 0 unspecified atom stereocenters. The Morgan fingerprint density at radius 3 is 2.45 bits per heavy atom. The molecule has 0 heterocycles. The Kier molecular flexibility index (Phi) is 5.96. The fourth-order valence-corrected chi connectivity index (χ4v) is 1.46. The maximum Gasteiger partial charge on any atom is 0.309 e. The number of rotatable bonds is 5. The van der Waals surface area contributed by atoms with E-state index in [1.807, 2.05) is 13.8 Å². The summed E-state index contributed by atoms with van der Waals surface area (Å²) in [6, 6.07) is 4.34. The predicted octanol–water partition coefficient (Wildman–Crippen LogP) is 1.22. The van der Waals surface area contributed by atoms with Crippen molar-refractivity contribution >= 4 is 11.8 Å². The van der Waals surface area contributed by atoms with Gasteiger partial charge in [-0.15, -0.1) is 0 Å². The monoisotopic (exact) mass is 282 g/mol. The molecule has 0 saturated carbocycles. The van der Waals surface area contributed by atoms with Gasteiger partial charge in [0.2, 0.25) is 0 Å². The summed E-state index contributed by atoms with van der Waals surface area (Å²) in [5.41, 5.74) is 0.549. The topological polar surface area (TPSA) is 67.4 Å². The number of halogens is 1. The number of carbonyl (C=O) groups is 2. The zero-order chi connectivity index (χ0) is 15.1. The van der Waals surface area contributed by atoms with E-state index in [4.69, 9.17) is 4.74 Å². The third kappa shape index (κ3) is 4.87. The van der Waals surface area contributed by atoms with E-state index < -0.39 is 17.6 Å². The van der Waals surface area contributed by atoms with Gasteiger partial charge in [-0.1, -0.05) is 19.9 Å². The first kappa shape index (κ1) is 15.9. The minimum atomic E-state index is -0.734. The first-order chi connectivity index (χ1) is 9.43. The van der Waals surface area contributed by atoms with E-state index in [-0.39, 0.29) is 18.2 Å². The Bertz CT molecular complexity index is 489. The summed E-state index contributed by atoms with van der Waals surface area (Å²) in [6.07, 6.45) is 0. The second-order valence-electron chi connectivity index (χ2n) is 4.76. The second-order valence-corrected chi connectivity index (χ2v) is 4.76. The molecule has 1 rings (SSSR count). The smallest absolute Gasteiger partial charge is 0.309 e. The summed E-state index contributed by atoms with van der Waals surface area (Å²) in [7, 11) is 1.37. The number of ether oxygens (including phenoxy) is 1. The molecular formula is C14H19FN2O3. The molecule has 0 radical (unpaired) electrons. The number of benzene rings is 1. The summed E-state index contributed by atoms with van der Waals surface area (Å²) in [4.78, 5) is 22.9. The fourth-order valence-electron chi connectivity index (χ4n) is 1.46. The van der Waals surface area contributed by atoms with Gasteiger partial charge in [-0.2, -0.15) is 0 Å². The van der Waals surface area contributed by atoms with E-state index in [2.05, 4.69) is 10.6 Å². The highest BCUT2D eigenvalue weighted by Gasteiger charge is 2.13. The van der Waals surface area contributed by atoms with E-state index >= 15 is 0 Å².